The van der Waals surface area contributed by atoms with Crippen LogP contribution < -0.4 is 5.32 Å². The normalized spacial score (nSPS) is 12.5. The Hall–Kier alpha value is -0.610. The maximum Gasteiger partial charge on any atom is 0.251 e. The average Bonchev–Trinajstić information content (AvgIpc) is 2.40. The monoisotopic (exact) mass is 349 g/mol. The molecule has 0 radical (unpaired) electrons. The molecule has 1 unspecified atom stereocenters. The molecule has 2 nitrogen and oxygen atoms in total. The average molecular weight is 351 g/mol. The Bertz CT molecular complexity index is 437. The minimum absolute atomic E-state index is 0.0979. The molecule has 1 N–H and O–H groups in total. The van der Waals surface area contributed by atoms with Crippen molar-refractivity contribution in [2.45, 2.75) is 32.1 Å². The first-order valence-electron chi connectivity index (χ1n) is 6.36. The van der Waals surface area contributed by atoms with Crippen LogP contribution in [0.4, 0.5) is 4.39 Å². The number of nitrogens with one attached hydrogen (secondary N) is 1. The Morgan fingerprint density at radius 1 is 1.42 bits per heavy atom. The number of carbonyl (C=O) groups is 1. The van der Waals surface area contributed by atoms with Crippen molar-refractivity contribution in [2.75, 3.05) is 6.54 Å². The smallest absolute Gasteiger partial charge is 0.251 e. The molecule has 0 spiro atoms. The van der Waals surface area contributed by atoms with Gasteiger partial charge in [0, 0.05) is 12.1 Å². The lowest BCUT2D eigenvalue weighted by Crippen LogP contribution is -2.33. The van der Waals surface area contributed by atoms with E-state index < -0.39 is 5.82 Å². The Kier molecular flexibility index (Phi) is 6.80. The van der Waals surface area contributed by atoms with Crippen molar-refractivity contribution in [2.24, 2.45) is 5.92 Å². The molecule has 0 aliphatic heterocycles. The second-order valence-electron chi connectivity index (χ2n) is 4.43. The number of amides is 1. The van der Waals surface area contributed by atoms with Crippen molar-refractivity contribution in [3.63, 3.8) is 0 Å². The number of benzene rings is 1. The van der Waals surface area contributed by atoms with Crippen molar-refractivity contribution in [3.05, 3.63) is 34.1 Å². The summed E-state index contributed by atoms with van der Waals surface area (Å²) >= 11 is 9.29. The van der Waals surface area contributed by atoms with Crippen LogP contribution in [0.2, 0.25) is 0 Å². The van der Waals surface area contributed by atoms with E-state index >= 15 is 0 Å². The number of hydrogen-bond acceptors (Lipinski definition) is 1. The van der Waals surface area contributed by atoms with E-state index in [1.54, 1.807) is 6.07 Å². The van der Waals surface area contributed by atoms with E-state index in [4.69, 9.17) is 11.6 Å². The van der Waals surface area contributed by atoms with E-state index in [2.05, 4.69) is 35.1 Å². The van der Waals surface area contributed by atoms with E-state index in [9.17, 15) is 9.18 Å². The highest BCUT2D eigenvalue weighted by Crippen LogP contribution is 2.19. The molecule has 0 fully saturated rings. The van der Waals surface area contributed by atoms with Gasteiger partial charge in [0.15, 0.2) is 0 Å². The second kappa shape index (κ2) is 7.85. The molecule has 0 heterocycles. The maximum absolute atomic E-state index is 13.3. The van der Waals surface area contributed by atoms with Gasteiger partial charge < -0.3 is 5.32 Å². The molecule has 0 aliphatic rings. The third-order valence-electron chi connectivity index (χ3n) is 3.20. The van der Waals surface area contributed by atoms with Crippen molar-refractivity contribution in [3.8, 4) is 0 Å². The van der Waals surface area contributed by atoms with Gasteiger partial charge in [-0.05, 0) is 40.0 Å². The van der Waals surface area contributed by atoms with Crippen LogP contribution in [0.25, 0.3) is 0 Å². The summed E-state index contributed by atoms with van der Waals surface area (Å²) in [5.41, 5.74) is 0.300. The molecule has 5 heteroatoms. The molecule has 0 bridgehead atoms. The van der Waals surface area contributed by atoms with Gasteiger partial charge in [-0.3, -0.25) is 4.79 Å². The van der Waals surface area contributed by atoms with Crippen molar-refractivity contribution in [1.29, 1.82) is 0 Å². The lowest BCUT2D eigenvalue weighted by atomic mass is 9.99. The number of hydrogen-bond donors (Lipinski definition) is 1. The molecule has 1 amide bonds. The van der Waals surface area contributed by atoms with Crippen LogP contribution in [0.1, 0.15) is 37.0 Å². The zero-order valence-electron chi connectivity index (χ0n) is 11.1. The molecule has 0 aromatic heterocycles. The van der Waals surface area contributed by atoms with E-state index in [1.165, 1.54) is 12.1 Å². The number of rotatable bonds is 6. The fourth-order valence-corrected chi connectivity index (χ4v) is 2.58. The Morgan fingerprint density at radius 3 is 2.58 bits per heavy atom. The van der Waals surface area contributed by atoms with E-state index in [0.717, 1.165) is 12.8 Å². The van der Waals surface area contributed by atoms with E-state index in [-0.39, 0.29) is 11.3 Å². The molecular formula is C14H18BrClFNO. The zero-order chi connectivity index (χ0) is 14.4. The molecule has 1 aromatic rings. The van der Waals surface area contributed by atoms with Crippen molar-refractivity contribution in [1.82, 2.24) is 5.32 Å². The molecule has 1 atom stereocenters. The van der Waals surface area contributed by atoms with E-state index in [0.29, 0.717) is 22.5 Å². The summed E-state index contributed by atoms with van der Waals surface area (Å²) in [6.07, 6.45) is 1.96. The first-order valence-corrected chi connectivity index (χ1v) is 7.59. The van der Waals surface area contributed by atoms with Crippen LogP contribution in [0.3, 0.4) is 0 Å². The summed E-state index contributed by atoms with van der Waals surface area (Å²) in [7, 11) is 0. The lowest BCUT2D eigenvalue weighted by Gasteiger charge is -2.19. The second-order valence-corrected chi connectivity index (χ2v) is 5.85. The van der Waals surface area contributed by atoms with Crippen LogP contribution in [0, 0.1) is 11.7 Å². The SMILES string of the molecule is CCC(CC)C(Cl)CNC(=O)c1ccc(Br)c(F)c1. The predicted octanol–water partition coefficient (Wildman–Crippen LogP) is 4.36. The minimum atomic E-state index is -0.449. The highest BCUT2D eigenvalue weighted by Gasteiger charge is 2.17. The molecular weight excluding hydrogens is 333 g/mol. The third kappa shape index (κ3) is 4.77. The van der Waals surface area contributed by atoms with Crippen molar-refractivity contribution < 1.29 is 9.18 Å². The van der Waals surface area contributed by atoms with E-state index in [1.807, 2.05) is 0 Å². The van der Waals surface area contributed by atoms with Crippen LogP contribution in [0.5, 0.6) is 0 Å². The Balaban J connectivity index is 2.58. The van der Waals surface area contributed by atoms with Crippen LogP contribution in [-0.2, 0) is 0 Å². The van der Waals surface area contributed by atoms with Gasteiger partial charge >= 0.3 is 0 Å². The Labute approximate surface area is 126 Å². The summed E-state index contributed by atoms with van der Waals surface area (Å²) < 4.78 is 13.7. The minimum Gasteiger partial charge on any atom is -0.351 e. The van der Waals surface area contributed by atoms with Gasteiger partial charge in [0.05, 0.1) is 9.85 Å². The van der Waals surface area contributed by atoms with Crippen molar-refractivity contribution >= 4 is 33.4 Å². The van der Waals surface area contributed by atoms with Gasteiger partial charge in [-0.15, -0.1) is 11.6 Å². The standard InChI is InChI=1S/C14H18BrClFNO/c1-3-9(4-2)12(16)8-18-14(19)10-5-6-11(15)13(17)7-10/h5-7,9,12H,3-4,8H2,1-2H3,(H,18,19). The molecule has 0 saturated carbocycles. The summed E-state index contributed by atoms with van der Waals surface area (Å²) in [4.78, 5) is 11.9. The molecule has 19 heavy (non-hydrogen) atoms. The van der Waals surface area contributed by atoms with Gasteiger partial charge in [-0.2, -0.15) is 0 Å². The van der Waals surface area contributed by atoms with Gasteiger partial charge in [0.1, 0.15) is 5.82 Å². The molecule has 1 aromatic carbocycles. The Morgan fingerprint density at radius 2 is 2.05 bits per heavy atom. The highest BCUT2D eigenvalue weighted by molar-refractivity contribution is 9.10. The zero-order valence-corrected chi connectivity index (χ0v) is 13.4. The fraction of sp³-hybridized carbons (Fsp3) is 0.500. The molecule has 1 rings (SSSR count). The summed E-state index contributed by atoms with van der Waals surface area (Å²) in [5, 5.41) is 2.64. The molecule has 106 valence electrons. The molecule has 0 saturated heterocycles. The predicted molar refractivity (Wildman–Crippen MR) is 80.1 cm³/mol. The number of alkyl halides is 1. The van der Waals surface area contributed by atoms with Gasteiger partial charge in [0.25, 0.3) is 5.91 Å². The first kappa shape index (κ1) is 16.4. The summed E-state index contributed by atoms with van der Waals surface area (Å²) in [6.45, 7) is 4.55. The number of halogens is 3. The van der Waals surface area contributed by atoms with Crippen LogP contribution in [-0.4, -0.2) is 17.8 Å². The third-order valence-corrected chi connectivity index (χ3v) is 4.35. The molecule has 0 aliphatic carbocycles. The van der Waals surface area contributed by atoms with Gasteiger partial charge in [0.2, 0.25) is 0 Å². The van der Waals surface area contributed by atoms with Gasteiger partial charge in [-0.25, -0.2) is 4.39 Å². The van der Waals surface area contributed by atoms with Crippen LogP contribution >= 0.6 is 27.5 Å². The quantitative estimate of drug-likeness (QED) is 0.759. The topological polar surface area (TPSA) is 29.1 Å². The summed E-state index contributed by atoms with van der Waals surface area (Å²) in [6, 6.07) is 4.30. The number of carbonyl (C=O) groups excluding carboxylic acids is 1. The first-order chi connectivity index (χ1) is 8.99. The highest BCUT2D eigenvalue weighted by atomic mass is 79.9. The van der Waals surface area contributed by atoms with Crippen LogP contribution in [0.15, 0.2) is 22.7 Å². The lowest BCUT2D eigenvalue weighted by molar-refractivity contribution is 0.0951. The largest absolute Gasteiger partial charge is 0.351 e. The van der Waals surface area contributed by atoms with Gasteiger partial charge in [-0.1, -0.05) is 26.7 Å². The maximum atomic E-state index is 13.3. The summed E-state index contributed by atoms with van der Waals surface area (Å²) in [5.74, 6) is -0.373. The fourth-order valence-electron chi connectivity index (χ4n) is 1.90.